The van der Waals surface area contributed by atoms with Crippen molar-refractivity contribution in [1.82, 2.24) is 0 Å². The molecule has 88 valence electrons. The minimum atomic E-state index is -0.484. The van der Waals surface area contributed by atoms with E-state index < -0.39 is 5.97 Å². The lowest BCUT2D eigenvalue weighted by molar-refractivity contribution is 0.0379. The summed E-state index contributed by atoms with van der Waals surface area (Å²) in [6.07, 6.45) is -0.200. The molecule has 16 heavy (non-hydrogen) atoms. The van der Waals surface area contributed by atoms with Crippen LogP contribution in [0.2, 0.25) is 5.02 Å². The van der Waals surface area contributed by atoms with Gasteiger partial charge >= 0.3 is 5.97 Å². The number of hydrogen-bond donors (Lipinski definition) is 1. The Hall–Kier alpha value is -1.42. The van der Waals surface area contributed by atoms with Crippen molar-refractivity contribution >= 4 is 23.3 Å². The zero-order valence-corrected chi connectivity index (χ0v) is 10.2. The number of nitrogen functional groups attached to an aromatic ring is 1. The van der Waals surface area contributed by atoms with Crippen LogP contribution in [0.25, 0.3) is 0 Å². The lowest BCUT2D eigenvalue weighted by atomic mass is 10.1. The highest BCUT2D eigenvalue weighted by Crippen LogP contribution is 2.33. The van der Waals surface area contributed by atoms with E-state index in [-0.39, 0.29) is 17.4 Å². The molecule has 0 spiro atoms. The van der Waals surface area contributed by atoms with E-state index in [2.05, 4.69) is 0 Å². The van der Waals surface area contributed by atoms with Gasteiger partial charge < -0.3 is 15.2 Å². The SMILES string of the molecule is COc1c(Cl)ccc(C(=O)OC(C)C)c1N. The largest absolute Gasteiger partial charge is 0.493 e. The van der Waals surface area contributed by atoms with Gasteiger partial charge in [0.1, 0.15) is 0 Å². The molecule has 0 amide bonds. The highest BCUT2D eigenvalue weighted by atomic mass is 35.5. The number of carbonyl (C=O) groups is 1. The Morgan fingerprint density at radius 3 is 2.56 bits per heavy atom. The third-order valence-corrected chi connectivity index (χ3v) is 2.21. The quantitative estimate of drug-likeness (QED) is 0.655. The number of anilines is 1. The summed E-state index contributed by atoms with van der Waals surface area (Å²) in [4.78, 5) is 11.7. The maximum absolute atomic E-state index is 11.7. The molecule has 0 fully saturated rings. The average Bonchev–Trinajstić information content (AvgIpc) is 2.17. The van der Waals surface area contributed by atoms with E-state index in [4.69, 9.17) is 26.8 Å². The maximum atomic E-state index is 11.7. The van der Waals surface area contributed by atoms with Gasteiger partial charge in [-0.3, -0.25) is 0 Å². The summed E-state index contributed by atoms with van der Waals surface area (Å²) in [6, 6.07) is 3.07. The topological polar surface area (TPSA) is 61.5 Å². The second kappa shape index (κ2) is 5.07. The van der Waals surface area contributed by atoms with E-state index in [0.717, 1.165) is 0 Å². The zero-order chi connectivity index (χ0) is 12.3. The number of carbonyl (C=O) groups excluding carboxylic acids is 1. The number of benzene rings is 1. The molecular formula is C11H14ClNO3. The van der Waals surface area contributed by atoms with E-state index in [1.807, 2.05) is 0 Å². The second-order valence-corrected chi connectivity index (χ2v) is 3.90. The summed E-state index contributed by atoms with van der Waals surface area (Å²) in [5.74, 6) is -0.192. The van der Waals surface area contributed by atoms with E-state index in [1.54, 1.807) is 19.9 Å². The van der Waals surface area contributed by atoms with Gasteiger partial charge in [0.25, 0.3) is 0 Å². The Kier molecular flexibility index (Phi) is 4.01. The number of methoxy groups -OCH3 is 1. The lowest BCUT2D eigenvalue weighted by Gasteiger charge is -2.12. The number of rotatable bonds is 3. The molecule has 0 unspecified atom stereocenters. The van der Waals surface area contributed by atoms with Crippen LogP contribution in [-0.2, 0) is 4.74 Å². The van der Waals surface area contributed by atoms with Crippen molar-refractivity contribution in [2.24, 2.45) is 0 Å². The van der Waals surface area contributed by atoms with Gasteiger partial charge in [-0.05, 0) is 26.0 Å². The first-order valence-corrected chi connectivity index (χ1v) is 5.18. The first-order valence-electron chi connectivity index (χ1n) is 4.80. The summed E-state index contributed by atoms with van der Waals surface area (Å²) >= 11 is 5.85. The Balaban J connectivity index is 3.11. The van der Waals surface area contributed by atoms with Gasteiger partial charge in [-0.25, -0.2) is 4.79 Å². The van der Waals surface area contributed by atoms with Crippen LogP contribution in [0.15, 0.2) is 12.1 Å². The fraction of sp³-hybridized carbons (Fsp3) is 0.364. The van der Waals surface area contributed by atoms with Gasteiger partial charge in [-0.2, -0.15) is 0 Å². The summed E-state index contributed by atoms with van der Waals surface area (Å²) in [5, 5.41) is 0.362. The number of nitrogens with two attached hydrogens (primary N) is 1. The molecule has 4 nitrogen and oxygen atoms in total. The smallest absolute Gasteiger partial charge is 0.340 e. The monoisotopic (exact) mass is 243 g/mol. The summed E-state index contributed by atoms with van der Waals surface area (Å²) in [5.41, 5.74) is 6.22. The molecule has 2 N–H and O–H groups in total. The molecule has 0 radical (unpaired) electrons. The van der Waals surface area contributed by atoms with Gasteiger partial charge in [0, 0.05) is 0 Å². The van der Waals surface area contributed by atoms with E-state index in [1.165, 1.54) is 13.2 Å². The van der Waals surface area contributed by atoms with Crippen molar-refractivity contribution in [3.05, 3.63) is 22.7 Å². The van der Waals surface area contributed by atoms with E-state index in [0.29, 0.717) is 10.8 Å². The van der Waals surface area contributed by atoms with Crippen LogP contribution >= 0.6 is 11.6 Å². The molecule has 0 aromatic heterocycles. The normalized spacial score (nSPS) is 10.3. The predicted octanol–water partition coefficient (Wildman–Crippen LogP) is 2.50. The fourth-order valence-corrected chi connectivity index (χ4v) is 1.48. The molecule has 0 heterocycles. The molecule has 5 heteroatoms. The third-order valence-electron chi connectivity index (χ3n) is 1.91. The molecule has 1 rings (SSSR count). The van der Waals surface area contributed by atoms with Gasteiger partial charge in [0.05, 0.1) is 29.5 Å². The number of halogens is 1. The maximum Gasteiger partial charge on any atom is 0.340 e. The molecule has 0 aliphatic heterocycles. The Morgan fingerprint density at radius 2 is 2.06 bits per heavy atom. The molecular weight excluding hydrogens is 230 g/mol. The third kappa shape index (κ3) is 2.58. The number of esters is 1. The van der Waals surface area contributed by atoms with Crippen molar-refractivity contribution in [2.45, 2.75) is 20.0 Å². The van der Waals surface area contributed by atoms with Gasteiger partial charge in [0.15, 0.2) is 5.75 Å². The molecule has 1 aromatic rings. The summed E-state index contributed by atoms with van der Waals surface area (Å²) < 4.78 is 10.0. The van der Waals surface area contributed by atoms with Crippen LogP contribution in [0.4, 0.5) is 5.69 Å². The van der Waals surface area contributed by atoms with Gasteiger partial charge in [-0.15, -0.1) is 0 Å². The molecule has 0 atom stereocenters. The molecule has 1 aromatic carbocycles. The molecule has 0 saturated heterocycles. The van der Waals surface area contributed by atoms with Crippen LogP contribution in [0.1, 0.15) is 24.2 Å². The van der Waals surface area contributed by atoms with Gasteiger partial charge in [0.2, 0.25) is 0 Å². The Labute approximate surface area is 99.3 Å². The molecule has 0 saturated carbocycles. The van der Waals surface area contributed by atoms with Crippen molar-refractivity contribution < 1.29 is 14.3 Å². The van der Waals surface area contributed by atoms with Crippen LogP contribution < -0.4 is 10.5 Å². The molecule has 0 aliphatic carbocycles. The Morgan fingerprint density at radius 1 is 1.44 bits per heavy atom. The zero-order valence-electron chi connectivity index (χ0n) is 9.41. The molecule has 0 aliphatic rings. The lowest BCUT2D eigenvalue weighted by Crippen LogP contribution is -2.13. The fourth-order valence-electron chi connectivity index (χ4n) is 1.24. The van der Waals surface area contributed by atoms with Crippen molar-refractivity contribution in [3.8, 4) is 5.75 Å². The minimum Gasteiger partial charge on any atom is -0.493 e. The summed E-state index contributed by atoms with van der Waals surface area (Å²) in [6.45, 7) is 3.53. The standard InChI is InChI=1S/C11H14ClNO3/c1-6(2)16-11(14)7-4-5-8(12)10(15-3)9(7)13/h4-6H,13H2,1-3H3. The van der Waals surface area contributed by atoms with Crippen molar-refractivity contribution in [2.75, 3.05) is 12.8 Å². The van der Waals surface area contributed by atoms with Crippen LogP contribution in [0.5, 0.6) is 5.75 Å². The van der Waals surface area contributed by atoms with Crippen LogP contribution in [-0.4, -0.2) is 19.2 Å². The Bertz CT molecular complexity index is 404. The average molecular weight is 244 g/mol. The van der Waals surface area contributed by atoms with E-state index >= 15 is 0 Å². The molecule has 0 bridgehead atoms. The highest BCUT2D eigenvalue weighted by molar-refractivity contribution is 6.32. The minimum absolute atomic E-state index is 0.195. The van der Waals surface area contributed by atoms with Crippen molar-refractivity contribution in [1.29, 1.82) is 0 Å². The van der Waals surface area contributed by atoms with Gasteiger partial charge in [-0.1, -0.05) is 11.6 Å². The van der Waals surface area contributed by atoms with E-state index in [9.17, 15) is 4.79 Å². The summed E-state index contributed by atoms with van der Waals surface area (Å²) in [7, 11) is 1.44. The van der Waals surface area contributed by atoms with Crippen LogP contribution in [0, 0.1) is 0 Å². The van der Waals surface area contributed by atoms with Crippen LogP contribution in [0.3, 0.4) is 0 Å². The second-order valence-electron chi connectivity index (χ2n) is 3.50. The highest BCUT2D eigenvalue weighted by Gasteiger charge is 2.17. The first-order chi connectivity index (χ1) is 7.47. The number of ether oxygens (including phenoxy) is 2. The van der Waals surface area contributed by atoms with Crippen molar-refractivity contribution in [3.63, 3.8) is 0 Å². The number of hydrogen-bond acceptors (Lipinski definition) is 4. The predicted molar refractivity (Wildman–Crippen MR) is 63.0 cm³/mol. The first kappa shape index (κ1) is 12.6.